The van der Waals surface area contributed by atoms with Crippen LogP contribution in [-0.2, 0) is 16.0 Å². The zero-order chi connectivity index (χ0) is 20.6. The predicted octanol–water partition coefficient (Wildman–Crippen LogP) is 3.43. The second-order valence-electron chi connectivity index (χ2n) is 6.85. The maximum atomic E-state index is 12.7. The molecule has 7 heteroatoms. The molecule has 29 heavy (non-hydrogen) atoms. The normalized spacial score (nSPS) is 11.8. The standard InChI is InChI=1S/C22H26N4O3/c1-3-7-19(21(28)26-22-24-17-10-4-5-11-18(17)25-22)23-20(27)13-12-15-8-6-9-16(14-15)29-2/h4-6,8-11,14,19H,3,7,12-13H2,1-2H3,(H,23,27)(H2,24,25,26,28)/t19-/m1/s1. The van der Waals surface area contributed by atoms with E-state index in [1.165, 1.54) is 0 Å². The van der Waals surface area contributed by atoms with Crippen molar-refractivity contribution in [3.63, 3.8) is 0 Å². The molecular weight excluding hydrogens is 368 g/mol. The van der Waals surface area contributed by atoms with Gasteiger partial charge in [0.05, 0.1) is 18.1 Å². The van der Waals surface area contributed by atoms with Crippen molar-refractivity contribution in [2.24, 2.45) is 0 Å². The molecule has 7 nitrogen and oxygen atoms in total. The molecule has 3 rings (SSSR count). The minimum absolute atomic E-state index is 0.161. The van der Waals surface area contributed by atoms with Gasteiger partial charge in [-0.2, -0.15) is 0 Å². The van der Waals surface area contributed by atoms with Crippen LogP contribution in [0.25, 0.3) is 11.0 Å². The zero-order valence-electron chi connectivity index (χ0n) is 16.7. The first-order chi connectivity index (χ1) is 14.1. The molecule has 0 radical (unpaired) electrons. The number of aromatic amines is 1. The molecule has 0 aliphatic heterocycles. The monoisotopic (exact) mass is 394 g/mol. The van der Waals surface area contributed by atoms with Gasteiger partial charge in [-0.1, -0.05) is 37.6 Å². The number of carbonyl (C=O) groups is 2. The van der Waals surface area contributed by atoms with Gasteiger partial charge in [0.15, 0.2) is 0 Å². The Morgan fingerprint density at radius 1 is 1.17 bits per heavy atom. The summed E-state index contributed by atoms with van der Waals surface area (Å²) in [5, 5.41) is 5.62. The number of aryl methyl sites for hydroxylation is 1. The van der Waals surface area contributed by atoms with E-state index in [9.17, 15) is 9.59 Å². The van der Waals surface area contributed by atoms with Crippen molar-refractivity contribution in [3.8, 4) is 5.75 Å². The van der Waals surface area contributed by atoms with Crippen molar-refractivity contribution in [1.29, 1.82) is 0 Å². The number of benzene rings is 2. The Bertz CT molecular complexity index is 950. The highest BCUT2D eigenvalue weighted by Gasteiger charge is 2.21. The Kier molecular flexibility index (Phi) is 6.84. The molecule has 3 N–H and O–H groups in total. The molecule has 2 aromatic carbocycles. The van der Waals surface area contributed by atoms with E-state index in [4.69, 9.17) is 4.74 Å². The van der Waals surface area contributed by atoms with E-state index in [2.05, 4.69) is 20.6 Å². The summed E-state index contributed by atoms with van der Waals surface area (Å²) in [6.07, 6.45) is 2.20. The number of amides is 2. The molecule has 3 aromatic rings. The number of nitrogens with one attached hydrogen (secondary N) is 3. The molecule has 0 aliphatic carbocycles. The topological polar surface area (TPSA) is 96.1 Å². The third-order valence-electron chi connectivity index (χ3n) is 4.63. The summed E-state index contributed by atoms with van der Waals surface area (Å²) in [7, 11) is 1.61. The molecule has 1 atom stereocenters. The lowest BCUT2D eigenvalue weighted by Crippen LogP contribution is -2.44. The van der Waals surface area contributed by atoms with Crippen molar-refractivity contribution in [1.82, 2.24) is 15.3 Å². The highest BCUT2D eigenvalue weighted by atomic mass is 16.5. The van der Waals surface area contributed by atoms with E-state index < -0.39 is 6.04 Å². The van der Waals surface area contributed by atoms with Crippen LogP contribution < -0.4 is 15.4 Å². The van der Waals surface area contributed by atoms with Gasteiger partial charge >= 0.3 is 0 Å². The zero-order valence-corrected chi connectivity index (χ0v) is 16.7. The Balaban J connectivity index is 1.57. The van der Waals surface area contributed by atoms with Crippen LogP contribution in [0.5, 0.6) is 5.75 Å². The summed E-state index contributed by atoms with van der Waals surface area (Å²) < 4.78 is 5.21. The molecule has 0 unspecified atom stereocenters. The molecule has 0 bridgehead atoms. The first-order valence-corrected chi connectivity index (χ1v) is 9.77. The van der Waals surface area contributed by atoms with Crippen LogP contribution in [0.3, 0.4) is 0 Å². The van der Waals surface area contributed by atoms with Gasteiger partial charge in [0, 0.05) is 6.42 Å². The van der Waals surface area contributed by atoms with Crippen LogP contribution in [-0.4, -0.2) is 34.9 Å². The van der Waals surface area contributed by atoms with Gasteiger partial charge in [-0.05, 0) is 42.7 Å². The molecule has 152 valence electrons. The van der Waals surface area contributed by atoms with Crippen molar-refractivity contribution in [2.45, 2.75) is 38.6 Å². The summed E-state index contributed by atoms with van der Waals surface area (Å²) in [5.41, 5.74) is 2.63. The Morgan fingerprint density at radius 2 is 2.00 bits per heavy atom. The molecule has 2 amide bonds. The fraction of sp³-hybridized carbons (Fsp3) is 0.318. The van der Waals surface area contributed by atoms with Crippen molar-refractivity contribution >= 4 is 28.8 Å². The molecule has 1 aromatic heterocycles. The van der Waals surface area contributed by atoms with Crippen LogP contribution in [0.1, 0.15) is 31.7 Å². The Hall–Kier alpha value is -3.35. The number of nitrogens with zero attached hydrogens (tertiary/aromatic N) is 1. The number of fused-ring (bicyclic) bond motifs is 1. The molecule has 0 saturated carbocycles. The van der Waals surface area contributed by atoms with Gasteiger partial charge in [-0.3, -0.25) is 14.9 Å². The highest BCUT2D eigenvalue weighted by Crippen LogP contribution is 2.15. The third kappa shape index (κ3) is 5.57. The first kappa shape index (κ1) is 20.4. The fourth-order valence-corrected chi connectivity index (χ4v) is 3.13. The van der Waals surface area contributed by atoms with Crippen molar-refractivity contribution < 1.29 is 14.3 Å². The number of hydrogen-bond donors (Lipinski definition) is 3. The van der Waals surface area contributed by atoms with E-state index in [1.807, 2.05) is 55.5 Å². The quantitative estimate of drug-likeness (QED) is 0.518. The fourth-order valence-electron chi connectivity index (χ4n) is 3.13. The number of rotatable bonds is 9. The predicted molar refractivity (Wildman–Crippen MR) is 113 cm³/mol. The number of anilines is 1. The number of H-pyrrole nitrogens is 1. The summed E-state index contributed by atoms with van der Waals surface area (Å²) in [5.74, 6) is 0.701. The van der Waals surface area contributed by atoms with E-state index in [0.717, 1.165) is 28.8 Å². The van der Waals surface area contributed by atoms with Crippen LogP contribution in [0.2, 0.25) is 0 Å². The first-order valence-electron chi connectivity index (χ1n) is 9.77. The maximum Gasteiger partial charge on any atom is 0.249 e. The van der Waals surface area contributed by atoms with Gasteiger partial charge in [0.1, 0.15) is 11.8 Å². The third-order valence-corrected chi connectivity index (χ3v) is 4.63. The van der Waals surface area contributed by atoms with E-state index in [-0.39, 0.29) is 11.8 Å². The van der Waals surface area contributed by atoms with Crippen LogP contribution in [0, 0.1) is 0 Å². The van der Waals surface area contributed by atoms with Crippen molar-refractivity contribution in [3.05, 3.63) is 54.1 Å². The average Bonchev–Trinajstić information content (AvgIpc) is 3.14. The lowest BCUT2D eigenvalue weighted by atomic mass is 10.1. The van der Waals surface area contributed by atoms with Gasteiger partial charge in [0.2, 0.25) is 17.8 Å². The molecule has 0 saturated heterocycles. The van der Waals surface area contributed by atoms with Gasteiger partial charge in [-0.15, -0.1) is 0 Å². The SMILES string of the molecule is CCC[C@@H](NC(=O)CCc1cccc(OC)c1)C(=O)Nc1nc2ccccc2[nH]1. The van der Waals surface area contributed by atoms with E-state index in [0.29, 0.717) is 25.2 Å². The summed E-state index contributed by atoms with van der Waals surface area (Å²) in [6.45, 7) is 1.98. The summed E-state index contributed by atoms with van der Waals surface area (Å²) >= 11 is 0. The number of para-hydroxylation sites is 2. The molecule has 0 spiro atoms. The van der Waals surface area contributed by atoms with Gasteiger partial charge in [-0.25, -0.2) is 4.98 Å². The number of aromatic nitrogens is 2. The number of methoxy groups -OCH3 is 1. The lowest BCUT2D eigenvalue weighted by molar-refractivity contribution is -0.126. The molecule has 0 aliphatic rings. The van der Waals surface area contributed by atoms with Crippen LogP contribution in [0.15, 0.2) is 48.5 Å². The minimum Gasteiger partial charge on any atom is -0.497 e. The number of carbonyl (C=O) groups excluding carboxylic acids is 2. The number of ether oxygens (including phenoxy) is 1. The minimum atomic E-state index is -0.606. The Labute approximate surface area is 169 Å². The largest absolute Gasteiger partial charge is 0.497 e. The van der Waals surface area contributed by atoms with E-state index in [1.54, 1.807) is 7.11 Å². The van der Waals surface area contributed by atoms with Crippen LogP contribution >= 0.6 is 0 Å². The van der Waals surface area contributed by atoms with E-state index >= 15 is 0 Å². The number of hydrogen-bond acceptors (Lipinski definition) is 4. The second kappa shape index (κ2) is 9.73. The number of imidazole rings is 1. The molecule has 1 heterocycles. The smallest absolute Gasteiger partial charge is 0.249 e. The van der Waals surface area contributed by atoms with Crippen molar-refractivity contribution in [2.75, 3.05) is 12.4 Å². The average molecular weight is 394 g/mol. The molecule has 0 fully saturated rings. The van der Waals surface area contributed by atoms with Gasteiger partial charge < -0.3 is 15.0 Å². The Morgan fingerprint density at radius 3 is 2.76 bits per heavy atom. The maximum absolute atomic E-state index is 12.7. The second-order valence-corrected chi connectivity index (χ2v) is 6.85. The summed E-state index contributed by atoms with van der Waals surface area (Å²) in [4.78, 5) is 32.5. The van der Waals surface area contributed by atoms with Crippen LogP contribution in [0.4, 0.5) is 5.95 Å². The van der Waals surface area contributed by atoms with Gasteiger partial charge in [0.25, 0.3) is 0 Å². The lowest BCUT2D eigenvalue weighted by Gasteiger charge is -2.17. The summed E-state index contributed by atoms with van der Waals surface area (Å²) in [6, 6.07) is 14.6. The molecular formula is C22H26N4O3. The highest BCUT2D eigenvalue weighted by molar-refractivity contribution is 5.97.